The number of benzene rings is 2. The summed E-state index contributed by atoms with van der Waals surface area (Å²) in [4.78, 5) is 12.0. The van der Waals surface area contributed by atoms with Crippen LogP contribution in [-0.2, 0) is 4.79 Å². The molecule has 134 valence electrons. The summed E-state index contributed by atoms with van der Waals surface area (Å²) >= 11 is 1.12. The lowest BCUT2D eigenvalue weighted by Gasteiger charge is -2.06. The normalized spacial score (nSPS) is 10.5. The zero-order chi connectivity index (χ0) is 18.4. The molecule has 3 rings (SSSR count). The van der Waals surface area contributed by atoms with Crippen molar-refractivity contribution in [1.29, 1.82) is 0 Å². The van der Waals surface area contributed by atoms with Crippen molar-refractivity contribution in [1.82, 2.24) is 10.2 Å². The van der Waals surface area contributed by atoms with E-state index in [0.29, 0.717) is 17.9 Å². The van der Waals surface area contributed by atoms with Crippen LogP contribution in [0.2, 0.25) is 0 Å². The van der Waals surface area contributed by atoms with Gasteiger partial charge in [-0.15, -0.1) is 10.2 Å². The van der Waals surface area contributed by atoms with E-state index in [4.69, 9.17) is 9.15 Å². The number of aromatic hydroxyl groups is 1. The summed E-state index contributed by atoms with van der Waals surface area (Å²) in [6.07, 6.45) is 0. The van der Waals surface area contributed by atoms with Crippen molar-refractivity contribution in [3.63, 3.8) is 0 Å². The van der Waals surface area contributed by atoms with Crippen LogP contribution >= 0.6 is 11.8 Å². The fraction of sp³-hybridized carbons (Fsp3) is 0.167. The Balaban J connectivity index is 1.54. The number of phenolic OH excluding ortho intramolecular Hbond substituents is 1. The number of para-hydroxylation sites is 1. The second kappa shape index (κ2) is 8.39. The third-order valence-corrected chi connectivity index (χ3v) is 4.14. The van der Waals surface area contributed by atoms with Crippen molar-refractivity contribution >= 4 is 23.4 Å². The van der Waals surface area contributed by atoms with Crippen LogP contribution in [-0.4, -0.2) is 33.6 Å². The van der Waals surface area contributed by atoms with Crippen molar-refractivity contribution < 1.29 is 19.1 Å². The highest BCUT2D eigenvalue weighted by Crippen LogP contribution is 2.29. The number of hydrogen-bond donors (Lipinski definition) is 2. The van der Waals surface area contributed by atoms with Crippen molar-refractivity contribution in [2.75, 3.05) is 17.7 Å². The van der Waals surface area contributed by atoms with Gasteiger partial charge < -0.3 is 19.6 Å². The number of hydrogen-bond acceptors (Lipinski definition) is 7. The zero-order valence-electron chi connectivity index (χ0n) is 14.0. The molecule has 0 saturated carbocycles. The molecular weight excluding hydrogens is 354 g/mol. The molecule has 8 heteroatoms. The molecule has 0 unspecified atom stereocenters. The molecule has 0 atom stereocenters. The molecule has 0 aliphatic carbocycles. The maximum atomic E-state index is 12.0. The second-order valence-electron chi connectivity index (χ2n) is 5.18. The number of amides is 1. The first-order valence-electron chi connectivity index (χ1n) is 7.93. The number of rotatable bonds is 7. The molecule has 0 aliphatic rings. The molecule has 0 saturated heterocycles. The molecule has 2 aromatic carbocycles. The Kier molecular flexibility index (Phi) is 5.75. The minimum atomic E-state index is -0.193. The van der Waals surface area contributed by atoms with Crippen LogP contribution in [0.4, 0.5) is 5.69 Å². The number of nitrogens with one attached hydrogen (secondary N) is 1. The molecule has 3 aromatic rings. The molecule has 2 N–H and O–H groups in total. The summed E-state index contributed by atoms with van der Waals surface area (Å²) in [6.45, 7) is 2.50. The summed E-state index contributed by atoms with van der Waals surface area (Å²) in [5, 5.41) is 20.6. The molecule has 0 aliphatic heterocycles. The SMILES string of the molecule is CCOc1ccc(NC(=O)CSc2nnc(-c3ccccc3O)o2)cc1. The molecule has 1 heterocycles. The average Bonchev–Trinajstić information content (AvgIpc) is 3.11. The van der Waals surface area contributed by atoms with E-state index in [9.17, 15) is 9.90 Å². The van der Waals surface area contributed by atoms with Gasteiger partial charge in [0.15, 0.2) is 0 Å². The molecule has 26 heavy (non-hydrogen) atoms. The van der Waals surface area contributed by atoms with Gasteiger partial charge in [0.1, 0.15) is 11.5 Å². The summed E-state index contributed by atoms with van der Waals surface area (Å²) in [7, 11) is 0. The summed E-state index contributed by atoms with van der Waals surface area (Å²) < 4.78 is 10.8. The first-order chi connectivity index (χ1) is 12.7. The maximum absolute atomic E-state index is 12.0. The highest BCUT2D eigenvalue weighted by Gasteiger charge is 2.13. The Morgan fingerprint density at radius 1 is 1.19 bits per heavy atom. The number of nitrogens with zero attached hydrogens (tertiary/aromatic N) is 2. The van der Waals surface area contributed by atoms with E-state index in [0.717, 1.165) is 17.5 Å². The maximum Gasteiger partial charge on any atom is 0.277 e. The number of aromatic nitrogens is 2. The molecule has 7 nitrogen and oxygen atoms in total. The van der Waals surface area contributed by atoms with Crippen LogP contribution in [0.3, 0.4) is 0 Å². The smallest absolute Gasteiger partial charge is 0.277 e. The number of ether oxygens (including phenoxy) is 1. The van der Waals surface area contributed by atoms with Gasteiger partial charge in [0.2, 0.25) is 5.91 Å². The molecular formula is C18H17N3O4S. The van der Waals surface area contributed by atoms with Crippen LogP contribution in [0, 0.1) is 0 Å². The van der Waals surface area contributed by atoms with Gasteiger partial charge in [0.05, 0.1) is 17.9 Å². The standard InChI is InChI=1S/C18H17N3O4S/c1-2-24-13-9-7-12(8-10-13)19-16(23)11-26-18-21-20-17(25-18)14-5-3-4-6-15(14)22/h3-10,22H,2,11H2,1H3,(H,19,23). The topological polar surface area (TPSA) is 97.5 Å². The first kappa shape index (κ1) is 17.8. The number of thioether (sulfide) groups is 1. The average molecular weight is 371 g/mol. The van der Waals surface area contributed by atoms with E-state index in [2.05, 4.69) is 15.5 Å². The van der Waals surface area contributed by atoms with Gasteiger partial charge in [-0.05, 0) is 43.3 Å². The van der Waals surface area contributed by atoms with E-state index < -0.39 is 0 Å². The van der Waals surface area contributed by atoms with Gasteiger partial charge in [-0.25, -0.2) is 0 Å². The van der Waals surface area contributed by atoms with Crippen LogP contribution in [0.15, 0.2) is 58.2 Å². The van der Waals surface area contributed by atoms with E-state index in [1.807, 2.05) is 6.92 Å². The van der Waals surface area contributed by atoms with E-state index in [1.54, 1.807) is 42.5 Å². The summed E-state index contributed by atoms with van der Waals surface area (Å²) in [5.74, 6) is 0.942. The minimum absolute atomic E-state index is 0.0564. The van der Waals surface area contributed by atoms with Gasteiger partial charge in [0.25, 0.3) is 11.1 Å². The predicted molar refractivity (Wildman–Crippen MR) is 98.4 cm³/mol. The Bertz CT molecular complexity index is 880. The van der Waals surface area contributed by atoms with E-state index >= 15 is 0 Å². The lowest BCUT2D eigenvalue weighted by atomic mass is 10.2. The quantitative estimate of drug-likeness (QED) is 0.613. The van der Waals surface area contributed by atoms with Gasteiger partial charge >= 0.3 is 0 Å². The molecule has 0 spiro atoms. The number of phenols is 1. The highest BCUT2D eigenvalue weighted by atomic mass is 32.2. The van der Waals surface area contributed by atoms with Crippen molar-refractivity contribution in [3.8, 4) is 23.0 Å². The van der Waals surface area contributed by atoms with Crippen molar-refractivity contribution in [3.05, 3.63) is 48.5 Å². The lowest BCUT2D eigenvalue weighted by molar-refractivity contribution is -0.113. The minimum Gasteiger partial charge on any atom is -0.507 e. The largest absolute Gasteiger partial charge is 0.507 e. The lowest BCUT2D eigenvalue weighted by Crippen LogP contribution is -2.13. The van der Waals surface area contributed by atoms with Crippen LogP contribution in [0.5, 0.6) is 11.5 Å². The third kappa shape index (κ3) is 4.54. The predicted octanol–water partition coefficient (Wildman–Crippen LogP) is 3.57. The highest BCUT2D eigenvalue weighted by molar-refractivity contribution is 7.99. The number of anilines is 1. The van der Waals surface area contributed by atoms with Crippen LogP contribution in [0.1, 0.15) is 6.92 Å². The van der Waals surface area contributed by atoms with Gasteiger partial charge in [-0.3, -0.25) is 4.79 Å². The first-order valence-corrected chi connectivity index (χ1v) is 8.91. The monoisotopic (exact) mass is 371 g/mol. The fourth-order valence-electron chi connectivity index (χ4n) is 2.16. The van der Waals surface area contributed by atoms with Gasteiger partial charge in [-0.2, -0.15) is 0 Å². The van der Waals surface area contributed by atoms with E-state index in [1.165, 1.54) is 6.07 Å². The zero-order valence-corrected chi connectivity index (χ0v) is 14.8. The Hall–Kier alpha value is -3.00. The Morgan fingerprint density at radius 3 is 2.69 bits per heavy atom. The van der Waals surface area contributed by atoms with Crippen LogP contribution < -0.4 is 10.1 Å². The van der Waals surface area contributed by atoms with Crippen molar-refractivity contribution in [2.45, 2.75) is 12.1 Å². The third-order valence-electron chi connectivity index (χ3n) is 3.32. The second-order valence-corrected chi connectivity index (χ2v) is 6.11. The Morgan fingerprint density at radius 2 is 1.96 bits per heavy atom. The number of carbonyl (C=O) groups excluding carboxylic acids is 1. The summed E-state index contributed by atoms with van der Waals surface area (Å²) in [6, 6.07) is 13.8. The molecule has 1 amide bonds. The van der Waals surface area contributed by atoms with Crippen molar-refractivity contribution in [2.24, 2.45) is 0 Å². The Labute approximate surface area is 154 Å². The number of carbonyl (C=O) groups is 1. The molecule has 0 bridgehead atoms. The molecule has 1 aromatic heterocycles. The van der Waals surface area contributed by atoms with Crippen LogP contribution in [0.25, 0.3) is 11.5 Å². The van der Waals surface area contributed by atoms with Gasteiger partial charge in [0, 0.05) is 5.69 Å². The molecule has 0 fully saturated rings. The fourth-order valence-corrected chi connectivity index (χ4v) is 2.72. The van der Waals surface area contributed by atoms with Gasteiger partial charge in [-0.1, -0.05) is 23.9 Å². The molecule has 0 radical (unpaired) electrons. The van der Waals surface area contributed by atoms with E-state index in [-0.39, 0.29) is 28.5 Å². The summed E-state index contributed by atoms with van der Waals surface area (Å²) in [5.41, 5.74) is 1.13.